The number of halogens is 4. The molecule has 1 saturated heterocycles. The summed E-state index contributed by atoms with van der Waals surface area (Å²) in [6, 6.07) is 5.99. The number of alkyl halides is 3. The van der Waals surface area contributed by atoms with Gasteiger partial charge in [-0.3, -0.25) is 4.79 Å². The number of nitrogens with zero attached hydrogens (tertiary/aromatic N) is 2. The number of ether oxygens (including phenoxy) is 1. The van der Waals surface area contributed by atoms with Crippen LogP contribution in [0.3, 0.4) is 0 Å². The van der Waals surface area contributed by atoms with E-state index in [0.29, 0.717) is 24.3 Å². The number of amides is 1. The van der Waals surface area contributed by atoms with E-state index in [-0.39, 0.29) is 29.6 Å². The van der Waals surface area contributed by atoms with Crippen LogP contribution in [0.2, 0.25) is 0 Å². The van der Waals surface area contributed by atoms with E-state index in [4.69, 9.17) is 4.74 Å². The molecule has 11 heteroatoms. The van der Waals surface area contributed by atoms with Crippen molar-refractivity contribution in [3.8, 4) is 11.4 Å². The maximum absolute atomic E-state index is 12.5. The second-order valence-corrected chi connectivity index (χ2v) is 6.86. The highest BCUT2D eigenvalue weighted by Gasteiger charge is 2.38. The maximum atomic E-state index is 12.5. The van der Waals surface area contributed by atoms with Gasteiger partial charge in [-0.25, -0.2) is 0 Å². The Morgan fingerprint density at radius 1 is 1.28 bits per heavy atom. The zero-order chi connectivity index (χ0) is 20.2. The highest BCUT2D eigenvalue weighted by atomic mass is 35.5. The molecule has 0 atom stereocenters. The zero-order valence-electron chi connectivity index (χ0n) is 15.7. The molecule has 0 bridgehead atoms. The number of nitrogens with one attached hydrogen (secondary N) is 2. The first-order chi connectivity index (χ1) is 13.3. The normalized spacial score (nSPS) is 16.1. The number of hydrogen-bond acceptors (Lipinski definition) is 6. The monoisotopic (exact) mass is 434 g/mol. The predicted molar refractivity (Wildman–Crippen MR) is 101 cm³/mol. The van der Waals surface area contributed by atoms with E-state index in [1.54, 1.807) is 7.11 Å². The van der Waals surface area contributed by atoms with Gasteiger partial charge < -0.3 is 19.9 Å². The summed E-state index contributed by atoms with van der Waals surface area (Å²) in [6.07, 6.45) is -2.89. The molecule has 1 aliphatic heterocycles. The first kappa shape index (κ1) is 23.1. The molecule has 7 nitrogen and oxygen atoms in total. The fourth-order valence-electron chi connectivity index (χ4n) is 3.23. The van der Waals surface area contributed by atoms with Gasteiger partial charge in [0.25, 0.3) is 5.91 Å². The van der Waals surface area contributed by atoms with Gasteiger partial charge in [-0.15, -0.1) is 12.4 Å². The van der Waals surface area contributed by atoms with E-state index in [0.717, 1.165) is 25.9 Å². The average Bonchev–Trinajstić information content (AvgIpc) is 3.18. The Hall–Kier alpha value is -2.17. The minimum atomic E-state index is -4.70. The number of aromatic nitrogens is 2. The Kier molecular flexibility index (Phi) is 7.61. The van der Waals surface area contributed by atoms with E-state index in [2.05, 4.69) is 25.3 Å². The van der Waals surface area contributed by atoms with Gasteiger partial charge in [-0.1, -0.05) is 17.3 Å². The molecule has 160 valence electrons. The van der Waals surface area contributed by atoms with E-state index in [1.807, 2.05) is 0 Å². The Morgan fingerprint density at radius 2 is 1.93 bits per heavy atom. The van der Waals surface area contributed by atoms with Crippen LogP contribution in [0.5, 0.6) is 0 Å². The SMILES string of the molecule is COCC1(CNC(=O)c2ccc(-c3noc(C(F)(F)F)n3)cc2)CCNCC1.Cl. The van der Waals surface area contributed by atoms with E-state index in [9.17, 15) is 18.0 Å². The largest absolute Gasteiger partial charge is 0.471 e. The van der Waals surface area contributed by atoms with Crippen LogP contribution < -0.4 is 10.6 Å². The van der Waals surface area contributed by atoms with Gasteiger partial charge in [-0.2, -0.15) is 18.2 Å². The minimum Gasteiger partial charge on any atom is -0.384 e. The van der Waals surface area contributed by atoms with Crippen molar-refractivity contribution in [3.05, 3.63) is 35.7 Å². The summed E-state index contributed by atoms with van der Waals surface area (Å²) < 4.78 is 47.2. The third-order valence-electron chi connectivity index (χ3n) is 4.81. The quantitative estimate of drug-likeness (QED) is 0.726. The summed E-state index contributed by atoms with van der Waals surface area (Å²) in [4.78, 5) is 15.8. The molecule has 0 aliphatic carbocycles. The summed E-state index contributed by atoms with van der Waals surface area (Å²) in [5.41, 5.74) is 0.614. The van der Waals surface area contributed by atoms with Crippen LogP contribution in [0.4, 0.5) is 13.2 Å². The van der Waals surface area contributed by atoms with Gasteiger partial charge in [0.15, 0.2) is 0 Å². The van der Waals surface area contributed by atoms with Crippen molar-refractivity contribution in [2.24, 2.45) is 5.41 Å². The third kappa shape index (κ3) is 5.68. The lowest BCUT2D eigenvalue weighted by atomic mass is 9.79. The molecule has 1 aromatic heterocycles. The Bertz CT molecular complexity index is 800. The number of carbonyl (C=O) groups excluding carboxylic acids is 1. The topological polar surface area (TPSA) is 89.3 Å². The maximum Gasteiger partial charge on any atom is 0.471 e. The first-order valence-electron chi connectivity index (χ1n) is 8.82. The van der Waals surface area contributed by atoms with Crippen LogP contribution in [0, 0.1) is 5.41 Å². The molecule has 1 aliphatic rings. The molecule has 2 aromatic rings. The van der Waals surface area contributed by atoms with Gasteiger partial charge >= 0.3 is 12.1 Å². The van der Waals surface area contributed by atoms with Crippen LogP contribution >= 0.6 is 12.4 Å². The Labute approximate surface area is 171 Å². The Balaban J connectivity index is 0.00000300. The van der Waals surface area contributed by atoms with Crippen molar-refractivity contribution in [1.82, 2.24) is 20.8 Å². The highest BCUT2D eigenvalue weighted by molar-refractivity contribution is 5.94. The zero-order valence-corrected chi connectivity index (χ0v) is 16.5. The lowest BCUT2D eigenvalue weighted by Crippen LogP contribution is -2.47. The van der Waals surface area contributed by atoms with Gasteiger partial charge in [0.05, 0.1) is 6.61 Å². The van der Waals surface area contributed by atoms with Crippen molar-refractivity contribution in [2.45, 2.75) is 19.0 Å². The van der Waals surface area contributed by atoms with Crippen molar-refractivity contribution >= 4 is 18.3 Å². The lowest BCUT2D eigenvalue weighted by molar-refractivity contribution is -0.159. The average molecular weight is 435 g/mol. The molecule has 1 amide bonds. The standard InChI is InChI=1S/C18H21F3N4O3.ClH/c1-27-11-17(6-8-22-9-7-17)10-23-15(26)13-4-2-12(3-5-13)14-24-16(28-25-14)18(19,20)21;/h2-5,22H,6-11H2,1H3,(H,23,26);1H. The van der Waals surface area contributed by atoms with Gasteiger partial charge in [0.2, 0.25) is 5.82 Å². The third-order valence-corrected chi connectivity index (χ3v) is 4.81. The molecule has 3 rings (SSSR count). The summed E-state index contributed by atoms with van der Waals surface area (Å²) >= 11 is 0. The smallest absolute Gasteiger partial charge is 0.384 e. The summed E-state index contributed by atoms with van der Waals surface area (Å²) in [5.74, 6) is -1.85. The summed E-state index contributed by atoms with van der Waals surface area (Å²) in [7, 11) is 1.65. The first-order valence-corrected chi connectivity index (χ1v) is 8.82. The van der Waals surface area contributed by atoms with Gasteiger partial charge in [0.1, 0.15) is 0 Å². The number of benzene rings is 1. The molecule has 1 fully saturated rings. The summed E-state index contributed by atoms with van der Waals surface area (Å²) in [6.45, 7) is 2.80. The number of rotatable bonds is 6. The molecule has 2 heterocycles. The van der Waals surface area contributed by atoms with E-state index >= 15 is 0 Å². The fourth-order valence-corrected chi connectivity index (χ4v) is 3.23. The molecule has 0 unspecified atom stereocenters. The van der Waals surface area contributed by atoms with Crippen molar-refractivity contribution in [3.63, 3.8) is 0 Å². The molecule has 0 spiro atoms. The van der Waals surface area contributed by atoms with Crippen LogP contribution in [0.15, 0.2) is 28.8 Å². The lowest BCUT2D eigenvalue weighted by Gasteiger charge is -2.37. The minimum absolute atomic E-state index is 0. The number of carbonyl (C=O) groups is 1. The van der Waals surface area contributed by atoms with Crippen LogP contribution in [0.1, 0.15) is 29.1 Å². The number of piperidine rings is 1. The van der Waals surface area contributed by atoms with Gasteiger partial charge in [-0.05, 0) is 38.1 Å². The molecule has 29 heavy (non-hydrogen) atoms. The molecule has 1 aromatic carbocycles. The van der Waals surface area contributed by atoms with E-state index in [1.165, 1.54) is 24.3 Å². The van der Waals surface area contributed by atoms with E-state index < -0.39 is 12.1 Å². The van der Waals surface area contributed by atoms with Crippen molar-refractivity contribution < 1.29 is 27.2 Å². The van der Waals surface area contributed by atoms with Gasteiger partial charge in [0, 0.05) is 30.2 Å². The number of methoxy groups -OCH3 is 1. The van der Waals surface area contributed by atoms with Crippen molar-refractivity contribution in [2.75, 3.05) is 33.4 Å². The summed E-state index contributed by atoms with van der Waals surface area (Å²) in [5, 5.41) is 9.55. The highest BCUT2D eigenvalue weighted by Crippen LogP contribution is 2.30. The molecule has 0 saturated carbocycles. The predicted octanol–water partition coefficient (Wildman–Crippen LogP) is 2.92. The van der Waals surface area contributed by atoms with Crippen LogP contribution in [-0.4, -0.2) is 49.4 Å². The van der Waals surface area contributed by atoms with Crippen LogP contribution in [-0.2, 0) is 10.9 Å². The van der Waals surface area contributed by atoms with Crippen LogP contribution in [0.25, 0.3) is 11.4 Å². The molecular weight excluding hydrogens is 413 g/mol. The number of hydrogen-bond donors (Lipinski definition) is 2. The molecule has 0 radical (unpaired) electrons. The molecular formula is C18H22ClF3N4O3. The fraction of sp³-hybridized carbons (Fsp3) is 0.500. The second kappa shape index (κ2) is 9.55. The molecule has 2 N–H and O–H groups in total. The second-order valence-electron chi connectivity index (χ2n) is 6.86. The van der Waals surface area contributed by atoms with Crippen molar-refractivity contribution in [1.29, 1.82) is 0 Å². The Morgan fingerprint density at radius 3 is 2.48 bits per heavy atom.